The van der Waals surface area contributed by atoms with Crippen molar-refractivity contribution >= 4 is 17.6 Å². The number of rotatable bonds is 3. The lowest BCUT2D eigenvalue weighted by Crippen LogP contribution is -2.47. The Hall–Kier alpha value is -2.17. The van der Waals surface area contributed by atoms with E-state index in [1.807, 2.05) is 18.2 Å². The number of carbonyl (C=O) groups excluding carboxylic acids is 3. The molecule has 0 saturated heterocycles. The molecular formula is C20H28N2O3. The number of ketones is 1. The number of nitrogens with one attached hydrogen (secondary N) is 2. The highest BCUT2D eigenvalue weighted by Gasteiger charge is 2.27. The van der Waals surface area contributed by atoms with Crippen LogP contribution in [0.3, 0.4) is 0 Å². The monoisotopic (exact) mass is 344 g/mol. The van der Waals surface area contributed by atoms with Crippen molar-refractivity contribution in [2.75, 3.05) is 6.54 Å². The molecule has 25 heavy (non-hydrogen) atoms. The van der Waals surface area contributed by atoms with Crippen molar-refractivity contribution in [3.63, 3.8) is 0 Å². The van der Waals surface area contributed by atoms with Crippen molar-refractivity contribution in [3.8, 4) is 0 Å². The molecule has 0 aliphatic carbocycles. The van der Waals surface area contributed by atoms with Crippen LogP contribution in [-0.4, -0.2) is 30.2 Å². The molecule has 1 aliphatic heterocycles. The molecule has 5 heteroatoms. The van der Waals surface area contributed by atoms with Crippen LogP contribution in [0.25, 0.3) is 0 Å². The van der Waals surface area contributed by atoms with Crippen molar-refractivity contribution in [1.29, 1.82) is 0 Å². The molecule has 0 radical (unpaired) electrons. The van der Waals surface area contributed by atoms with Crippen LogP contribution in [0.1, 0.15) is 67.8 Å². The normalized spacial score (nSPS) is 19.4. The second-order valence-electron chi connectivity index (χ2n) is 6.57. The largest absolute Gasteiger partial charge is 0.350 e. The predicted molar refractivity (Wildman–Crippen MR) is 97.4 cm³/mol. The Morgan fingerprint density at radius 1 is 1.08 bits per heavy atom. The van der Waals surface area contributed by atoms with Crippen LogP contribution in [0.4, 0.5) is 0 Å². The highest BCUT2D eigenvalue weighted by molar-refractivity contribution is 6.38. The van der Waals surface area contributed by atoms with Gasteiger partial charge in [0.25, 0.3) is 11.8 Å². The van der Waals surface area contributed by atoms with E-state index in [0.29, 0.717) is 18.5 Å². The van der Waals surface area contributed by atoms with Gasteiger partial charge in [-0.05, 0) is 37.8 Å². The number of hydrogen-bond acceptors (Lipinski definition) is 3. The lowest BCUT2D eigenvalue weighted by Gasteiger charge is -2.18. The van der Waals surface area contributed by atoms with E-state index in [-0.39, 0.29) is 5.91 Å². The fourth-order valence-electron chi connectivity index (χ4n) is 3.24. The fraction of sp³-hybridized carbons (Fsp3) is 0.550. The van der Waals surface area contributed by atoms with Crippen LogP contribution in [0.2, 0.25) is 0 Å². The number of aryl methyl sites for hydroxylation is 1. The highest BCUT2D eigenvalue weighted by atomic mass is 16.2. The summed E-state index contributed by atoms with van der Waals surface area (Å²) in [5.74, 6) is -1.44. The Balaban J connectivity index is 2.20. The molecule has 2 amide bonds. The quantitative estimate of drug-likeness (QED) is 0.828. The van der Waals surface area contributed by atoms with Gasteiger partial charge in [-0.15, -0.1) is 0 Å². The Morgan fingerprint density at radius 3 is 2.52 bits per heavy atom. The highest BCUT2D eigenvalue weighted by Crippen LogP contribution is 2.17. The van der Waals surface area contributed by atoms with Gasteiger partial charge in [0.2, 0.25) is 5.78 Å². The van der Waals surface area contributed by atoms with Crippen LogP contribution < -0.4 is 10.6 Å². The van der Waals surface area contributed by atoms with Crippen LogP contribution in [-0.2, 0) is 16.0 Å². The van der Waals surface area contributed by atoms with E-state index < -0.39 is 17.7 Å². The van der Waals surface area contributed by atoms with Crippen LogP contribution in [0.15, 0.2) is 24.3 Å². The van der Waals surface area contributed by atoms with Crippen molar-refractivity contribution in [2.24, 2.45) is 0 Å². The van der Waals surface area contributed by atoms with Gasteiger partial charge in [-0.2, -0.15) is 0 Å². The summed E-state index contributed by atoms with van der Waals surface area (Å²) in [4.78, 5) is 37.0. The van der Waals surface area contributed by atoms with E-state index in [2.05, 4.69) is 10.6 Å². The first kappa shape index (κ1) is 19.2. The van der Waals surface area contributed by atoms with Crippen molar-refractivity contribution in [3.05, 3.63) is 35.4 Å². The van der Waals surface area contributed by atoms with E-state index in [1.165, 1.54) is 6.42 Å². The molecule has 1 atom stereocenters. The van der Waals surface area contributed by atoms with Gasteiger partial charge in [-0.1, -0.05) is 50.3 Å². The summed E-state index contributed by atoms with van der Waals surface area (Å²) in [6.45, 7) is 2.17. The van der Waals surface area contributed by atoms with Gasteiger partial charge >= 0.3 is 0 Å². The molecule has 0 spiro atoms. The molecule has 2 rings (SSSR count). The second kappa shape index (κ2) is 9.97. The first-order chi connectivity index (χ1) is 12.1. The second-order valence-corrected chi connectivity index (χ2v) is 6.57. The molecule has 0 bridgehead atoms. The number of hydrogen-bond donors (Lipinski definition) is 2. The number of amides is 2. The molecule has 0 fully saturated rings. The minimum Gasteiger partial charge on any atom is -0.350 e. The van der Waals surface area contributed by atoms with Crippen molar-refractivity contribution < 1.29 is 14.4 Å². The summed E-state index contributed by atoms with van der Waals surface area (Å²) >= 11 is 0. The number of carbonyl (C=O) groups is 3. The molecule has 1 heterocycles. The minimum absolute atomic E-state index is 0.266. The average molecular weight is 344 g/mol. The maximum atomic E-state index is 12.7. The molecule has 0 saturated carbocycles. The number of likely N-dealkylation sites (N-methyl/N-ethyl adjacent to an activating group) is 1. The molecule has 2 N–H and O–H groups in total. The zero-order valence-corrected chi connectivity index (χ0v) is 15.0. The van der Waals surface area contributed by atoms with Crippen LogP contribution in [0.5, 0.6) is 0 Å². The van der Waals surface area contributed by atoms with Gasteiger partial charge in [0.05, 0.1) is 6.04 Å². The van der Waals surface area contributed by atoms with E-state index in [0.717, 1.165) is 44.1 Å². The van der Waals surface area contributed by atoms with E-state index in [9.17, 15) is 14.4 Å². The van der Waals surface area contributed by atoms with Gasteiger partial charge < -0.3 is 10.6 Å². The predicted octanol–water partition coefficient (Wildman–Crippen LogP) is 2.78. The zero-order chi connectivity index (χ0) is 18.1. The Bertz CT molecular complexity index is 613. The van der Waals surface area contributed by atoms with Crippen molar-refractivity contribution in [2.45, 2.75) is 64.3 Å². The van der Waals surface area contributed by atoms with Gasteiger partial charge in [0.15, 0.2) is 0 Å². The molecule has 5 nitrogen and oxygen atoms in total. The summed E-state index contributed by atoms with van der Waals surface area (Å²) in [6, 6.07) is 6.76. The number of fused-ring (bicyclic) bond motifs is 1. The summed E-state index contributed by atoms with van der Waals surface area (Å²) in [5, 5.41) is 5.33. The van der Waals surface area contributed by atoms with Crippen molar-refractivity contribution in [1.82, 2.24) is 10.6 Å². The van der Waals surface area contributed by atoms with E-state index in [1.54, 1.807) is 13.0 Å². The van der Waals surface area contributed by atoms with Gasteiger partial charge in [0.1, 0.15) is 0 Å². The first-order valence-electron chi connectivity index (χ1n) is 9.34. The maximum absolute atomic E-state index is 12.7. The summed E-state index contributed by atoms with van der Waals surface area (Å²) < 4.78 is 0. The fourth-order valence-corrected chi connectivity index (χ4v) is 3.24. The third-order valence-corrected chi connectivity index (χ3v) is 4.63. The van der Waals surface area contributed by atoms with Gasteiger partial charge in [-0.25, -0.2) is 0 Å². The SMILES string of the molecule is CCNC(=O)C(=O)[C@@H]1CCCCCCCCc2ccccc2C(=O)N1. The third kappa shape index (κ3) is 5.69. The zero-order valence-electron chi connectivity index (χ0n) is 15.0. The Labute approximate surface area is 149 Å². The summed E-state index contributed by atoms with van der Waals surface area (Å²) in [7, 11) is 0. The molecule has 0 aromatic heterocycles. The summed E-state index contributed by atoms with van der Waals surface area (Å²) in [6.07, 6.45) is 7.71. The molecule has 1 aromatic rings. The van der Waals surface area contributed by atoms with Crippen LogP contribution >= 0.6 is 0 Å². The van der Waals surface area contributed by atoms with Crippen LogP contribution in [0, 0.1) is 0 Å². The average Bonchev–Trinajstić information content (AvgIpc) is 2.63. The molecule has 0 unspecified atom stereocenters. The Kier molecular flexibility index (Phi) is 7.64. The standard InChI is InChI=1S/C20H28N2O3/c1-2-21-20(25)18(23)17-14-8-6-4-3-5-7-11-15-12-9-10-13-16(15)19(24)22-17/h9-10,12-13,17H,2-8,11,14H2,1H3,(H,21,25)(H,22,24)/t17-/m0/s1. The third-order valence-electron chi connectivity index (χ3n) is 4.63. The summed E-state index contributed by atoms with van der Waals surface area (Å²) in [5.41, 5.74) is 1.61. The van der Waals surface area contributed by atoms with Gasteiger partial charge in [0, 0.05) is 12.1 Å². The molecular weight excluding hydrogens is 316 g/mol. The lowest BCUT2D eigenvalue weighted by molar-refractivity contribution is -0.139. The number of benzene rings is 1. The smallest absolute Gasteiger partial charge is 0.289 e. The first-order valence-corrected chi connectivity index (χ1v) is 9.34. The van der Waals surface area contributed by atoms with E-state index in [4.69, 9.17) is 0 Å². The lowest BCUT2D eigenvalue weighted by atomic mass is 10.00. The Morgan fingerprint density at radius 2 is 1.76 bits per heavy atom. The topological polar surface area (TPSA) is 75.3 Å². The number of Topliss-reactive ketones (excluding diaryl/α,β-unsaturated/α-hetero) is 1. The van der Waals surface area contributed by atoms with E-state index >= 15 is 0 Å². The molecule has 1 aromatic carbocycles. The maximum Gasteiger partial charge on any atom is 0.289 e. The minimum atomic E-state index is -0.757. The molecule has 136 valence electrons. The molecule has 1 aliphatic rings. The van der Waals surface area contributed by atoms with Gasteiger partial charge in [-0.3, -0.25) is 14.4 Å².